The van der Waals surface area contributed by atoms with E-state index in [1.54, 1.807) is 6.07 Å². The fraction of sp³-hybridized carbons (Fsp3) is 0.120. The SMILES string of the molecule is CCOc1ccc(-c2cc(C(=O)NCc3cccc(F)c3F)c3ccccc3n2)cc1. The van der Waals surface area contributed by atoms with Gasteiger partial charge in [-0.25, -0.2) is 13.8 Å². The second-order valence-electron chi connectivity index (χ2n) is 6.93. The Morgan fingerprint density at radius 3 is 2.55 bits per heavy atom. The Balaban J connectivity index is 1.67. The summed E-state index contributed by atoms with van der Waals surface area (Å²) in [6, 6.07) is 20.4. The lowest BCUT2D eigenvalue weighted by Crippen LogP contribution is -2.24. The third kappa shape index (κ3) is 4.38. The average Bonchev–Trinajstić information content (AvgIpc) is 2.80. The molecule has 0 saturated carbocycles. The number of hydrogen-bond donors (Lipinski definition) is 1. The molecule has 1 heterocycles. The highest BCUT2D eigenvalue weighted by atomic mass is 19.2. The number of ether oxygens (including phenoxy) is 1. The van der Waals surface area contributed by atoms with Gasteiger partial charge >= 0.3 is 0 Å². The van der Waals surface area contributed by atoms with Crippen LogP contribution in [0.25, 0.3) is 22.2 Å². The van der Waals surface area contributed by atoms with E-state index in [2.05, 4.69) is 10.3 Å². The number of pyridine rings is 1. The molecule has 6 heteroatoms. The number of hydrogen-bond acceptors (Lipinski definition) is 3. The van der Waals surface area contributed by atoms with Crippen LogP contribution < -0.4 is 10.1 Å². The minimum Gasteiger partial charge on any atom is -0.494 e. The van der Waals surface area contributed by atoms with E-state index in [1.807, 2.05) is 55.5 Å². The second-order valence-corrected chi connectivity index (χ2v) is 6.93. The molecule has 4 nitrogen and oxygen atoms in total. The van der Waals surface area contributed by atoms with Gasteiger partial charge in [-0.05, 0) is 49.4 Å². The van der Waals surface area contributed by atoms with Crippen molar-refractivity contribution < 1.29 is 18.3 Å². The van der Waals surface area contributed by atoms with Gasteiger partial charge in [0.2, 0.25) is 0 Å². The molecule has 0 unspecified atom stereocenters. The largest absolute Gasteiger partial charge is 0.494 e. The summed E-state index contributed by atoms with van der Waals surface area (Å²) in [5.41, 5.74) is 2.61. The van der Waals surface area contributed by atoms with Gasteiger partial charge in [0.25, 0.3) is 5.91 Å². The zero-order valence-corrected chi connectivity index (χ0v) is 16.9. The van der Waals surface area contributed by atoms with Crippen LogP contribution in [-0.4, -0.2) is 17.5 Å². The average molecular weight is 418 g/mol. The Bertz CT molecular complexity index is 1240. The van der Waals surface area contributed by atoms with Crippen LogP contribution in [0.2, 0.25) is 0 Å². The molecule has 1 N–H and O–H groups in total. The number of halogens is 2. The molecule has 0 atom stereocenters. The first-order valence-electron chi connectivity index (χ1n) is 9.91. The normalized spacial score (nSPS) is 10.8. The number of para-hydroxylation sites is 1. The summed E-state index contributed by atoms with van der Waals surface area (Å²) < 4.78 is 32.9. The number of amides is 1. The highest BCUT2D eigenvalue weighted by Crippen LogP contribution is 2.26. The van der Waals surface area contributed by atoms with E-state index in [9.17, 15) is 13.6 Å². The zero-order valence-electron chi connectivity index (χ0n) is 16.9. The molecule has 0 aliphatic carbocycles. The first-order chi connectivity index (χ1) is 15.1. The third-order valence-corrected chi connectivity index (χ3v) is 4.89. The van der Waals surface area contributed by atoms with E-state index in [0.717, 1.165) is 17.4 Å². The van der Waals surface area contributed by atoms with Crippen molar-refractivity contribution >= 4 is 16.8 Å². The fourth-order valence-corrected chi connectivity index (χ4v) is 3.36. The molecule has 31 heavy (non-hydrogen) atoms. The summed E-state index contributed by atoms with van der Waals surface area (Å²) in [7, 11) is 0. The van der Waals surface area contributed by atoms with Crippen molar-refractivity contribution in [1.82, 2.24) is 10.3 Å². The first kappa shape index (κ1) is 20.5. The molecule has 0 bridgehead atoms. The molecule has 0 fully saturated rings. The Labute approximate surface area is 178 Å². The minimum atomic E-state index is -0.961. The van der Waals surface area contributed by atoms with Gasteiger partial charge in [-0.1, -0.05) is 30.3 Å². The monoisotopic (exact) mass is 418 g/mol. The number of carbonyl (C=O) groups excluding carboxylic acids is 1. The maximum Gasteiger partial charge on any atom is 0.252 e. The van der Waals surface area contributed by atoms with Crippen LogP contribution in [0.5, 0.6) is 5.75 Å². The van der Waals surface area contributed by atoms with E-state index >= 15 is 0 Å². The Hall–Kier alpha value is -3.80. The number of nitrogens with one attached hydrogen (secondary N) is 1. The van der Waals surface area contributed by atoms with Crippen LogP contribution in [0.1, 0.15) is 22.8 Å². The standard InChI is InChI=1S/C25H20F2N2O2/c1-2-31-18-12-10-16(11-13-18)23-14-20(19-7-3-4-9-22(19)29-23)25(30)28-15-17-6-5-8-21(26)24(17)27/h3-14H,2,15H2,1H3,(H,28,30). The molecule has 4 aromatic rings. The first-order valence-corrected chi connectivity index (χ1v) is 9.91. The molecule has 0 spiro atoms. The molecule has 4 rings (SSSR count). The summed E-state index contributed by atoms with van der Waals surface area (Å²) in [6.45, 7) is 2.36. The Morgan fingerprint density at radius 1 is 1.00 bits per heavy atom. The zero-order chi connectivity index (χ0) is 21.8. The number of rotatable bonds is 6. The molecule has 1 aromatic heterocycles. The molecule has 0 aliphatic heterocycles. The molecule has 0 radical (unpaired) electrons. The molecule has 3 aromatic carbocycles. The predicted octanol–water partition coefficient (Wildman–Crippen LogP) is 5.51. The highest BCUT2D eigenvalue weighted by Gasteiger charge is 2.15. The van der Waals surface area contributed by atoms with Crippen molar-refractivity contribution in [2.45, 2.75) is 13.5 Å². The molecule has 0 saturated heterocycles. The van der Waals surface area contributed by atoms with Gasteiger partial charge < -0.3 is 10.1 Å². The van der Waals surface area contributed by atoms with E-state index in [1.165, 1.54) is 12.1 Å². The Kier molecular flexibility index (Phi) is 5.89. The lowest BCUT2D eigenvalue weighted by Gasteiger charge is -2.12. The maximum atomic E-state index is 13.9. The van der Waals surface area contributed by atoms with Gasteiger partial charge in [-0.3, -0.25) is 4.79 Å². The van der Waals surface area contributed by atoms with Gasteiger partial charge in [0.05, 0.1) is 23.4 Å². The minimum absolute atomic E-state index is 0.0819. The number of aromatic nitrogens is 1. The van der Waals surface area contributed by atoms with Crippen molar-refractivity contribution in [2.24, 2.45) is 0 Å². The van der Waals surface area contributed by atoms with Crippen molar-refractivity contribution in [3.8, 4) is 17.0 Å². The van der Waals surface area contributed by atoms with Gasteiger partial charge in [0.15, 0.2) is 11.6 Å². The van der Waals surface area contributed by atoms with Crippen molar-refractivity contribution in [2.75, 3.05) is 6.61 Å². The van der Waals surface area contributed by atoms with Gasteiger partial charge in [-0.15, -0.1) is 0 Å². The van der Waals surface area contributed by atoms with Crippen LogP contribution in [0.3, 0.4) is 0 Å². The quantitative estimate of drug-likeness (QED) is 0.449. The molecular weight excluding hydrogens is 398 g/mol. The smallest absolute Gasteiger partial charge is 0.252 e. The van der Waals surface area contributed by atoms with Gasteiger partial charge in [0, 0.05) is 23.1 Å². The van der Waals surface area contributed by atoms with Crippen LogP contribution in [0.15, 0.2) is 72.8 Å². The predicted molar refractivity (Wildman–Crippen MR) is 116 cm³/mol. The third-order valence-electron chi connectivity index (χ3n) is 4.89. The fourth-order valence-electron chi connectivity index (χ4n) is 3.36. The van der Waals surface area contributed by atoms with Crippen LogP contribution >= 0.6 is 0 Å². The van der Waals surface area contributed by atoms with Crippen LogP contribution in [0, 0.1) is 11.6 Å². The van der Waals surface area contributed by atoms with Crippen LogP contribution in [-0.2, 0) is 6.54 Å². The highest BCUT2D eigenvalue weighted by molar-refractivity contribution is 6.07. The summed E-state index contributed by atoms with van der Waals surface area (Å²) in [6.07, 6.45) is 0. The second kappa shape index (κ2) is 8.92. The number of nitrogens with zero attached hydrogens (tertiary/aromatic N) is 1. The maximum absolute atomic E-state index is 13.9. The number of fused-ring (bicyclic) bond motifs is 1. The summed E-state index contributed by atoms with van der Waals surface area (Å²) in [5, 5.41) is 3.36. The lowest BCUT2D eigenvalue weighted by molar-refractivity contribution is 0.0952. The number of carbonyl (C=O) groups is 1. The van der Waals surface area contributed by atoms with Gasteiger partial charge in [0.1, 0.15) is 5.75 Å². The molecule has 1 amide bonds. The van der Waals surface area contributed by atoms with Crippen LogP contribution in [0.4, 0.5) is 8.78 Å². The van der Waals surface area contributed by atoms with E-state index in [0.29, 0.717) is 28.8 Å². The molecular formula is C25H20F2N2O2. The van der Waals surface area contributed by atoms with E-state index < -0.39 is 17.5 Å². The van der Waals surface area contributed by atoms with Crippen molar-refractivity contribution in [1.29, 1.82) is 0 Å². The summed E-state index contributed by atoms with van der Waals surface area (Å²) in [5.74, 6) is -1.55. The topological polar surface area (TPSA) is 51.2 Å². The summed E-state index contributed by atoms with van der Waals surface area (Å²) >= 11 is 0. The van der Waals surface area contributed by atoms with E-state index in [4.69, 9.17) is 4.74 Å². The van der Waals surface area contributed by atoms with Crippen molar-refractivity contribution in [3.05, 3.63) is 95.6 Å². The Morgan fingerprint density at radius 2 is 1.77 bits per heavy atom. The van der Waals surface area contributed by atoms with E-state index in [-0.39, 0.29) is 12.1 Å². The molecule has 156 valence electrons. The molecule has 0 aliphatic rings. The lowest BCUT2D eigenvalue weighted by atomic mass is 10.0. The number of benzene rings is 3. The van der Waals surface area contributed by atoms with Gasteiger partial charge in [-0.2, -0.15) is 0 Å². The van der Waals surface area contributed by atoms with Crippen molar-refractivity contribution in [3.63, 3.8) is 0 Å². The summed E-state index contributed by atoms with van der Waals surface area (Å²) in [4.78, 5) is 17.7.